The summed E-state index contributed by atoms with van der Waals surface area (Å²) in [4.78, 5) is 17.3. The number of hydrogen-bond donors (Lipinski definition) is 0. The number of pyridine rings is 1. The highest BCUT2D eigenvalue weighted by Crippen LogP contribution is 2.48. The van der Waals surface area contributed by atoms with Crippen LogP contribution in [0.4, 0.5) is 5.82 Å². The number of nitrogens with zero attached hydrogens (tertiary/aromatic N) is 5. The number of rotatable bonds is 8. The topological polar surface area (TPSA) is 109 Å². The van der Waals surface area contributed by atoms with Crippen LogP contribution < -0.4 is 14.4 Å². The fraction of sp³-hybridized carbons (Fsp3) is 0.645. The van der Waals surface area contributed by atoms with Crippen molar-refractivity contribution in [3.8, 4) is 22.9 Å². The van der Waals surface area contributed by atoms with Crippen molar-refractivity contribution in [3.05, 3.63) is 24.2 Å². The van der Waals surface area contributed by atoms with Gasteiger partial charge in [0.05, 0.1) is 44.2 Å². The summed E-state index contributed by atoms with van der Waals surface area (Å²) in [6, 6.07) is 2.08. The molecule has 0 aliphatic carbocycles. The smallest absolute Gasteiger partial charge is 0.185 e. The summed E-state index contributed by atoms with van der Waals surface area (Å²) in [6.45, 7) is 20.8. The maximum atomic E-state index is 13.2. The highest BCUT2D eigenvalue weighted by molar-refractivity contribution is 7.91. The van der Waals surface area contributed by atoms with Crippen LogP contribution in [0.25, 0.3) is 22.4 Å². The fourth-order valence-corrected chi connectivity index (χ4v) is 14.7. The number of anilines is 1. The second-order valence-electron chi connectivity index (χ2n) is 13.6. The molecule has 5 rings (SSSR count). The Morgan fingerprint density at radius 2 is 1.70 bits per heavy atom. The van der Waals surface area contributed by atoms with Gasteiger partial charge >= 0.3 is 0 Å². The number of sulfone groups is 1. The first kappa shape index (κ1) is 31.7. The van der Waals surface area contributed by atoms with E-state index < -0.39 is 22.8 Å². The lowest BCUT2D eigenvalue weighted by Gasteiger charge is -2.45. The molecule has 0 aromatic carbocycles. The van der Waals surface area contributed by atoms with Gasteiger partial charge in [-0.1, -0.05) is 41.5 Å². The largest absolute Gasteiger partial charge is 0.494 e. The van der Waals surface area contributed by atoms with Gasteiger partial charge in [-0.3, -0.25) is 0 Å². The first-order valence-corrected chi connectivity index (χ1v) is 19.3. The van der Waals surface area contributed by atoms with Crippen LogP contribution in [0.1, 0.15) is 68.0 Å². The molecule has 3 aromatic rings. The van der Waals surface area contributed by atoms with E-state index in [1.54, 1.807) is 27.2 Å². The van der Waals surface area contributed by atoms with Crippen molar-refractivity contribution < 1.29 is 22.6 Å². The summed E-state index contributed by atoms with van der Waals surface area (Å²) in [5.74, 6) is 1.92. The number of morpholine rings is 1. The van der Waals surface area contributed by atoms with E-state index in [1.807, 2.05) is 0 Å². The summed E-state index contributed by atoms with van der Waals surface area (Å²) in [7, 11) is -4.11. The van der Waals surface area contributed by atoms with E-state index in [2.05, 4.69) is 69.9 Å². The van der Waals surface area contributed by atoms with E-state index in [-0.39, 0.29) is 12.1 Å². The van der Waals surface area contributed by atoms with E-state index in [4.69, 9.17) is 29.2 Å². The zero-order valence-corrected chi connectivity index (χ0v) is 29.2. The average molecular weight is 630 g/mol. The Morgan fingerprint density at radius 1 is 1.05 bits per heavy atom. The van der Waals surface area contributed by atoms with Crippen molar-refractivity contribution in [3.63, 3.8) is 0 Å². The van der Waals surface area contributed by atoms with Gasteiger partial charge in [-0.15, -0.1) is 0 Å². The summed E-state index contributed by atoms with van der Waals surface area (Å²) in [5.41, 5.74) is 3.31. The van der Waals surface area contributed by atoms with Gasteiger partial charge in [-0.25, -0.2) is 23.4 Å². The Balaban J connectivity index is 1.86. The van der Waals surface area contributed by atoms with Crippen LogP contribution in [-0.2, 0) is 19.3 Å². The van der Waals surface area contributed by atoms with E-state index >= 15 is 0 Å². The van der Waals surface area contributed by atoms with Crippen molar-refractivity contribution in [1.29, 1.82) is 0 Å². The Labute approximate surface area is 257 Å². The number of hydrogen-bond acceptors (Lipinski definition) is 9. The molecular formula is C31H47N5O5SSi. The normalized spacial score (nSPS) is 19.6. The van der Waals surface area contributed by atoms with Gasteiger partial charge in [0.15, 0.2) is 35.5 Å². The van der Waals surface area contributed by atoms with Crippen molar-refractivity contribution in [2.45, 2.75) is 95.8 Å². The molecular weight excluding hydrogens is 583 g/mol. The quantitative estimate of drug-likeness (QED) is 0.286. The monoisotopic (exact) mass is 629 g/mol. The third kappa shape index (κ3) is 4.75. The SMILES string of the molecule is COc1cnc2c(ccn2[Si](C(C)C)(C(C)C)C(C)C)c1-c1nc2c(c(C(C)(C)S(C)(=O)=O)n1)OC[C@@H]1COC[C@@H](C)N21. The Morgan fingerprint density at radius 3 is 2.28 bits per heavy atom. The molecule has 2 atom stereocenters. The lowest BCUT2D eigenvalue weighted by Crippen LogP contribution is -2.56. The molecule has 0 amide bonds. The number of ether oxygens (including phenoxy) is 3. The highest BCUT2D eigenvalue weighted by Gasteiger charge is 2.47. The Hall–Kier alpha value is -2.70. The minimum atomic E-state index is -3.59. The summed E-state index contributed by atoms with van der Waals surface area (Å²) in [5, 5.41) is 0.879. The first-order chi connectivity index (χ1) is 20.1. The van der Waals surface area contributed by atoms with Crippen LogP contribution in [0, 0.1) is 0 Å². The minimum Gasteiger partial charge on any atom is -0.494 e. The summed E-state index contributed by atoms with van der Waals surface area (Å²) >= 11 is 0. The van der Waals surface area contributed by atoms with Gasteiger partial charge in [0, 0.05) is 11.6 Å². The van der Waals surface area contributed by atoms with Gasteiger partial charge in [0.2, 0.25) is 0 Å². The third-order valence-corrected chi connectivity index (χ3v) is 18.7. The van der Waals surface area contributed by atoms with Gasteiger partial charge in [0.25, 0.3) is 0 Å². The maximum absolute atomic E-state index is 13.2. The van der Waals surface area contributed by atoms with E-state index in [9.17, 15) is 8.42 Å². The molecule has 5 heterocycles. The van der Waals surface area contributed by atoms with E-state index in [0.29, 0.717) is 70.8 Å². The van der Waals surface area contributed by atoms with Gasteiger partial charge in [-0.05, 0) is 49.7 Å². The van der Waals surface area contributed by atoms with Crippen LogP contribution in [0.15, 0.2) is 18.5 Å². The zero-order valence-electron chi connectivity index (χ0n) is 27.4. The standard InChI is InChI=1S/C31H47N5O5SSi/c1-18(2)43(19(3)4,20(5)6)35-13-12-23-25(24(39-10)14-32-29(23)35)28-33-27(31(8,9)42(11,37)38)26-30(34-28)36-21(7)15-40-16-22(36)17-41-26/h12-14,18-22H,15-17H2,1-11H3/t21-,22+/m1/s1. The molecule has 236 valence electrons. The molecule has 0 unspecified atom stereocenters. The van der Waals surface area contributed by atoms with Gasteiger partial charge in [-0.2, -0.15) is 0 Å². The number of fused-ring (bicyclic) bond motifs is 4. The summed E-state index contributed by atoms with van der Waals surface area (Å²) in [6.07, 6.45) is 5.16. The zero-order chi connectivity index (χ0) is 31.6. The number of methoxy groups -OCH3 is 1. The molecule has 3 aromatic heterocycles. The molecule has 12 heteroatoms. The van der Waals surface area contributed by atoms with Crippen LogP contribution in [0.2, 0.25) is 16.6 Å². The maximum Gasteiger partial charge on any atom is 0.185 e. The highest BCUT2D eigenvalue weighted by atomic mass is 32.2. The van der Waals surface area contributed by atoms with E-state index in [1.165, 1.54) is 6.26 Å². The van der Waals surface area contributed by atoms with E-state index in [0.717, 1.165) is 11.0 Å². The molecule has 0 bridgehead atoms. The molecule has 2 aliphatic heterocycles. The van der Waals surface area contributed by atoms with Gasteiger partial charge < -0.3 is 23.3 Å². The molecule has 10 nitrogen and oxygen atoms in total. The lowest BCUT2D eigenvalue weighted by atomic mass is 10.0. The fourth-order valence-electron chi connectivity index (χ4n) is 7.63. The van der Waals surface area contributed by atoms with Crippen molar-refractivity contribution in [1.82, 2.24) is 19.2 Å². The molecule has 2 aliphatic rings. The predicted octanol–water partition coefficient (Wildman–Crippen LogP) is 5.79. The third-order valence-electron chi connectivity index (χ3n) is 9.86. The van der Waals surface area contributed by atoms with Gasteiger partial charge in [0.1, 0.15) is 28.4 Å². The second kappa shape index (κ2) is 11.0. The van der Waals surface area contributed by atoms with Crippen LogP contribution in [-0.4, -0.2) is 81.1 Å². The van der Waals surface area contributed by atoms with Crippen LogP contribution >= 0.6 is 0 Å². The lowest BCUT2D eigenvalue weighted by molar-refractivity contribution is 0.0482. The Bertz CT molecular complexity index is 1610. The van der Waals surface area contributed by atoms with Crippen molar-refractivity contribution >= 4 is 34.9 Å². The van der Waals surface area contributed by atoms with Crippen LogP contribution in [0.5, 0.6) is 11.5 Å². The molecule has 0 saturated carbocycles. The minimum absolute atomic E-state index is 0.0218. The number of aromatic nitrogens is 4. The molecule has 0 spiro atoms. The van der Waals surface area contributed by atoms with Crippen LogP contribution in [0.3, 0.4) is 0 Å². The first-order valence-electron chi connectivity index (χ1n) is 15.2. The molecule has 43 heavy (non-hydrogen) atoms. The Kier molecular flexibility index (Phi) is 8.13. The molecule has 0 radical (unpaired) electrons. The molecule has 0 N–H and O–H groups in total. The predicted molar refractivity (Wildman–Crippen MR) is 174 cm³/mol. The summed E-state index contributed by atoms with van der Waals surface area (Å²) < 4.78 is 45.5. The second-order valence-corrected chi connectivity index (χ2v) is 21.9. The molecule has 1 saturated heterocycles. The molecule has 1 fully saturated rings. The average Bonchev–Trinajstić information content (AvgIpc) is 3.34. The van der Waals surface area contributed by atoms with Crippen molar-refractivity contribution in [2.75, 3.05) is 38.1 Å². The van der Waals surface area contributed by atoms with Crippen molar-refractivity contribution in [2.24, 2.45) is 0 Å².